The lowest BCUT2D eigenvalue weighted by molar-refractivity contribution is 0.0697. The molecule has 1 saturated heterocycles. The third-order valence-electron chi connectivity index (χ3n) is 5.25. The highest BCUT2D eigenvalue weighted by atomic mass is 32.2. The molecule has 0 bridgehead atoms. The summed E-state index contributed by atoms with van der Waals surface area (Å²) in [5.41, 5.74) is 2.47. The molecule has 10 heteroatoms. The molecule has 31 heavy (non-hydrogen) atoms. The van der Waals surface area contributed by atoms with Gasteiger partial charge in [0.1, 0.15) is 4.90 Å². The van der Waals surface area contributed by atoms with E-state index in [0.29, 0.717) is 35.7 Å². The van der Waals surface area contributed by atoms with Crippen LogP contribution in [0.3, 0.4) is 0 Å². The van der Waals surface area contributed by atoms with Crippen molar-refractivity contribution in [1.29, 1.82) is 0 Å². The SMILES string of the molecule is Cc1cnccc1C(=O)N1CCN(S(=O)(=O)c2cnc(-c3cccnc3)nc2C)CC1. The number of sulfonamides is 1. The Morgan fingerprint density at radius 1 is 0.968 bits per heavy atom. The van der Waals surface area contributed by atoms with Gasteiger partial charge in [-0.25, -0.2) is 18.4 Å². The maximum Gasteiger partial charge on any atom is 0.254 e. The lowest BCUT2D eigenvalue weighted by Crippen LogP contribution is -2.50. The Hall–Kier alpha value is -3.24. The van der Waals surface area contributed by atoms with Gasteiger partial charge in [0.15, 0.2) is 5.82 Å². The number of aromatic nitrogens is 4. The van der Waals surface area contributed by atoms with E-state index in [2.05, 4.69) is 19.9 Å². The van der Waals surface area contributed by atoms with Gasteiger partial charge in [-0.3, -0.25) is 14.8 Å². The number of aryl methyl sites for hydroxylation is 2. The molecule has 0 aromatic carbocycles. The van der Waals surface area contributed by atoms with Crippen LogP contribution in [-0.2, 0) is 10.0 Å². The number of hydrogen-bond acceptors (Lipinski definition) is 7. The molecule has 3 aromatic rings. The van der Waals surface area contributed by atoms with Gasteiger partial charge in [0.05, 0.1) is 11.9 Å². The molecule has 0 atom stereocenters. The third kappa shape index (κ3) is 4.17. The van der Waals surface area contributed by atoms with Crippen molar-refractivity contribution in [2.45, 2.75) is 18.7 Å². The summed E-state index contributed by atoms with van der Waals surface area (Å²) >= 11 is 0. The smallest absolute Gasteiger partial charge is 0.254 e. The van der Waals surface area contributed by atoms with Crippen LogP contribution in [0.4, 0.5) is 0 Å². The van der Waals surface area contributed by atoms with Gasteiger partial charge in [-0.15, -0.1) is 0 Å². The van der Waals surface area contributed by atoms with E-state index in [9.17, 15) is 13.2 Å². The Labute approximate surface area is 180 Å². The molecule has 160 valence electrons. The summed E-state index contributed by atoms with van der Waals surface area (Å²) in [4.78, 5) is 31.2. The first-order valence-corrected chi connectivity index (χ1v) is 11.3. The lowest BCUT2D eigenvalue weighted by Gasteiger charge is -2.34. The van der Waals surface area contributed by atoms with Crippen LogP contribution in [0.2, 0.25) is 0 Å². The van der Waals surface area contributed by atoms with E-state index in [1.165, 1.54) is 10.5 Å². The maximum absolute atomic E-state index is 13.2. The average molecular weight is 439 g/mol. The van der Waals surface area contributed by atoms with Gasteiger partial charge in [-0.2, -0.15) is 4.31 Å². The number of hydrogen-bond donors (Lipinski definition) is 0. The Morgan fingerprint density at radius 3 is 2.35 bits per heavy atom. The average Bonchev–Trinajstić information content (AvgIpc) is 2.79. The van der Waals surface area contributed by atoms with Crippen molar-refractivity contribution in [2.75, 3.05) is 26.2 Å². The lowest BCUT2D eigenvalue weighted by atomic mass is 10.1. The van der Waals surface area contributed by atoms with Crippen molar-refractivity contribution in [3.63, 3.8) is 0 Å². The fourth-order valence-electron chi connectivity index (χ4n) is 3.50. The quantitative estimate of drug-likeness (QED) is 0.610. The summed E-state index contributed by atoms with van der Waals surface area (Å²) in [6.45, 7) is 4.53. The second-order valence-corrected chi connectivity index (χ2v) is 9.18. The van der Waals surface area contributed by atoms with Gasteiger partial charge in [-0.05, 0) is 37.6 Å². The van der Waals surface area contributed by atoms with Gasteiger partial charge < -0.3 is 4.90 Å². The summed E-state index contributed by atoms with van der Waals surface area (Å²) in [6.07, 6.45) is 7.85. The molecule has 1 amide bonds. The largest absolute Gasteiger partial charge is 0.336 e. The number of rotatable bonds is 4. The molecule has 0 aliphatic carbocycles. The van der Waals surface area contributed by atoms with Crippen LogP contribution in [0.15, 0.2) is 54.1 Å². The minimum absolute atomic E-state index is 0.0740. The van der Waals surface area contributed by atoms with E-state index in [-0.39, 0.29) is 23.9 Å². The van der Waals surface area contributed by atoms with Crippen molar-refractivity contribution in [3.05, 3.63) is 66.0 Å². The molecule has 0 spiro atoms. The molecule has 0 saturated carbocycles. The van der Waals surface area contributed by atoms with Gasteiger partial charge in [0.2, 0.25) is 10.0 Å². The second kappa shape index (κ2) is 8.48. The van der Waals surface area contributed by atoms with Crippen LogP contribution < -0.4 is 0 Å². The van der Waals surface area contributed by atoms with Crippen molar-refractivity contribution < 1.29 is 13.2 Å². The first-order chi connectivity index (χ1) is 14.9. The van der Waals surface area contributed by atoms with E-state index < -0.39 is 10.0 Å². The van der Waals surface area contributed by atoms with E-state index in [1.807, 2.05) is 13.0 Å². The highest BCUT2D eigenvalue weighted by molar-refractivity contribution is 7.89. The van der Waals surface area contributed by atoms with Crippen molar-refractivity contribution >= 4 is 15.9 Å². The van der Waals surface area contributed by atoms with Crippen molar-refractivity contribution in [1.82, 2.24) is 29.1 Å². The van der Waals surface area contributed by atoms with Crippen LogP contribution in [0.5, 0.6) is 0 Å². The van der Waals surface area contributed by atoms with Crippen LogP contribution in [0.1, 0.15) is 21.6 Å². The summed E-state index contributed by atoms with van der Waals surface area (Å²) in [5, 5.41) is 0. The molecule has 0 unspecified atom stereocenters. The Kier molecular flexibility index (Phi) is 5.75. The second-order valence-electron chi connectivity index (χ2n) is 7.27. The summed E-state index contributed by atoms with van der Waals surface area (Å²) in [6, 6.07) is 5.27. The first kappa shape index (κ1) is 21.0. The van der Waals surface area contributed by atoms with Gasteiger partial charge >= 0.3 is 0 Å². The molecule has 1 aliphatic rings. The van der Waals surface area contributed by atoms with E-state index in [4.69, 9.17) is 0 Å². The molecule has 0 radical (unpaired) electrons. The van der Waals surface area contributed by atoms with E-state index >= 15 is 0 Å². The Morgan fingerprint density at radius 2 is 1.71 bits per heavy atom. The van der Waals surface area contributed by atoms with Gasteiger partial charge in [0, 0.05) is 62.1 Å². The van der Waals surface area contributed by atoms with Gasteiger partial charge in [-0.1, -0.05) is 0 Å². The van der Waals surface area contributed by atoms with Crippen molar-refractivity contribution in [2.24, 2.45) is 0 Å². The first-order valence-electron chi connectivity index (χ1n) is 9.82. The molecule has 4 rings (SSSR count). The molecule has 9 nitrogen and oxygen atoms in total. The fourth-order valence-corrected chi connectivity index (χ4v) is 5.02. The number of carbonyl (C=O) groups is 1. The zero-order valence-electron chi connectivity index (χ0n) is 17.3. The molecule has 1 aliphatic heterocycles. The monoisotopic (exact) mass is 438 g/mol. The maximum atomic E-state index is 13.2. The molecule has 0 N–H and O–H groups in total. The zero-order chi connectivity index (χ0) is 22.0. The third-order valence-corrected chi connectivity index (χ3v) is 7.25. The molecule has 1 fully saturated rings. The highest BCUT2D eigenvalue weighted by Crippen LogP contribution is 2.22. The van der Waals surface area contributed by atoms with Crippen LogP contribution in [0.25, 0.3) is 11.4 Å². The number of nitrogens with zero attached hydrogens (tertiary/aromatic N) is 6. The minimum Gasteiger partial charge on any atom is -0.336 e. The van der Waals surface area contributed by atoms with Crippen molar-refractivity contribution in [3.8, 4) is 11.4 Å². The van der Waals surface area contributed by atoms with Crippen LogP contribution in [0, 0.1) is 13.8 Å². The number of carbonyl (C=O) groups excluding carboxylic acids is 1. The van der Waals surface area contributed by atoms with E-state index in [1.54, 1.807) is 48.7 Å². The Bertz CT molecular complexity index is 1210. The summed E-state index contributed by atoms with van der Waals surface area (Å²) in [5.74, 6) is 0.310. The summed E-state index contributed by atoms with van der Waals surface area (Å²) < 4.78 is 27.7. The molecular formula is C21H22N6O3S. The number of pyridine rings is 2. The molecular weight excluding hydrogens is 416 g/mol. The topological polar surface area (TPSA) is 109 Å². The fraction of sp³-hybridized carbons (Fsp3) is 0.286. The van der Waals surface area contributed by atoms with Crippen LogP contribution >= 0.6 is 0 Å². The number of piperazine rings is 1. The number of amides is 1. The predicted molar refractivity (Wildman–Crippen MR) is 114 cm³/mol. The van der Waals surface area contributed by atoms with E-state index in [0.717, 1.165) is 5.56 Å². The summed E-state index contributed by atoms with van der Waals surface area (Å²) in [7, 11) is -3.77. The molecule has 4 heterocycles. The zero-order valence-corrected chi connectivity index (χ0v) is 18.1. The molecule has 3 aromatic heterocycles. The standard InChI is InChI=1S/C21H22N6O3S/c1-15-12-23-7-5-18(15)21(28)26-8-10-27(11-9-26)31(29,30)19-14-24-20(25-16(19)2)17-4-3-6-22-13-17/h3-7,12-14H,8-11H2,1-2H3. The Balaban J connectivity index is 1.49. The normalized spacial score (nSPS) is 15.1. The minimum atomic E-state index is -3.77. The van der Waals surface area contributed by atoms with Gasteiger partial charge in [0.25, 0.3) is 5.91 Å². The highest BCUT2D eigenvalue weighted by Gasteiger charge is 2.32. The van der Waals surface area contributed by atoms with Crippen LogP contribution in [-0.4, -0.2) is 69.6 Å². The predicted octanol–water partition coefficient (Wildman–Crippen LogP) is 1.70.